The second kappa shape index (κ2) is 4.01. The van der Waals surface area contributed by atoms with Crippen molar-refractivity contribution in [3.05, 3.63) is 0 Å². The molecule has 3 nitrogen and oxygen atoms in total. The Balaban J connectivity index is 2.00. The lowest BCUT2D eigenvalue weighted by molar-refractivity contribution is 0.000831. The van der Waals surface area contributed by atoms with Crippen LogP contribution in [0.15, 0.2) is 0 Å². The van der Waals surface area contributed by atoms with Gasteiger partial charge in [0.1, 0.15) is 0 Å². The van der Waals surface area contributed by atoms with Crippen molar-refractivity contribution < 1.29 is 9.47 Å². The van der Waals surface area contributed by atoms with Crippen LogP contribution in [0.2, 0.25) is 0 Å². The van der Waals surface area contributed by atoms with Crippen LogP contribution in [-0.4, -0.2) is 24.9 Å². The molecule has 16 heavy (non-hydrogen) atoms. The zero-order valence-corrected chi connectivity index (χ0v) is 10.5. The Labute approximate surface area is 97.7 Å². The summed E-state index contributed by atoms with van der Waals surface area (Å²) in [7, 11) is 1.73. The van der Waals surface area contributed by atoms with Crippen molar-refractivity contribution in [2.24, 2.45) is 5.41 Å². The van der Waals surface area contributed by atoms with Crippen molar-refractivity contribution in [1.29, 1.82) is 5.26 Å². The third-order valence-electron chi connectivity index (χ3n) is 4.26. The van der Waals surface area contributed by atoms with Crippen LogP contribution in [-0.2, 0) is 9.47 Å². The second-order valence-electron chi connectivity index (χ2n) is 5.76. The van der Waals surface area contributed by atoms with Crippen LogP contribution in [0, 0.1) is 16.7 Å². The molecular formula is C13H21NO2. The molecule has 2 heterocycles. The molecule has 0 N–H and O–H groups in total. The largest absolute Gasteiger partial charge is 0.379 e. The highest BCUT2D eigenvalue weighted by molar-refractivity contribution is 5.12. The first-order valence-corrected chi connectivity index (χ1v) is 6.13. The molecule has 0 aromatic heterocycles. The monoisotopic (exact) mass is 223 g/mol. The molecule has 2 rings (SSSR count). The normalized spacial score (nSPS) is 37.6. The third kappa shape index (κ3) is 1.97. The molecule has 0 saturated carbocycles. The van der Waals surface area contributed by atoms with Crippen molar-refractivity contribution >= 4 is 0 Å². The molecule has 2 saturated heterocycles. The Hall–Kier alpha value is -0.590. The Bertz CT molecular complexity index is 308. The summed E-state index contributed by atoms with van der Waals surface area (Å²) in [5.74, 6) is 0. The van der Waals surface area contributed by atoms with Crippen LogP contribution >= 0.6 is 0 Å². The molecule has 0 amide bonds. The molecule has 0 aromatic carbocycles. The average Bonchev–Trinajstić information content (AvgIpc) is 2.87. The maximum Gasteiger partial charge on any atom is 0.0860 e. The zero-order chi connectivity index (χ0) is 11.8. The van der Waals surface area contributed by atoms with E-state index in [9.17, 15) is 5.26 Å². The minimum Gasteiger partial charge on any atom is -0.379 e. The Morgan fingerprint density at radius 3 is 2.69 bits per heavy atom. The number of hydrogen-bond donors (Lipinski definition) is 0. The quantitative estimate of drug-likeness (QED) is 0.735. The SMILES string of the molecule is COC(C)(C)CCC1(C#N)CC2CCC1O2. The van der Waals surface area contributed by atoms with E-state index < -0.39 is 0 Å². The van der Waals surface area contributed by atoms with Gasteiger partial charge in [-0.3, -0.25) is 0 Å². The van der Waals surface area contributed by atoms with E-state index in [1.807, 2.05) is 0 Å². The predicted molar refractivity (Wildman–Crippen MR) is 60.9 cm³/mol. The summed E-state index contributed by atoms with van der Waals surface area (Å²) in [5, 5.41) is 9.44. The number of fused-ring (bicyclic) bond motifs is 2. The number of methoxy groups -OCH3 is 1. The van der Waals surface area contributed by atoms with E-state index in [-0.39, 0.29) is 17.1 Å². The van der Waals surface area contributed by atoms with Gasteiger partial charge < -0.3 is 9.47 Å². The van der Waals surface area contributed by atoms with Crippen LogP contribution in [0.25, 0.3) is 0 Å². The van der Waals surface area contributed by atoms with Crippen LogP contribution in [0.1, 0.15) is 46.0 Å². The molecule has 3 atom stereocenters. The first-order chi connectivity index (χ1) is 7.51. The molecule has 3 unspecified atom stereocenters. The van der Waals surface area contributed by atoms with Gasteiger partial charge in [-0.05, 0) is 46.0 Å². The van der Waals surface area contributed by atoms with Gasteiger partial charge in [-0.2, -0.15) is 5.26 Å². The summed E-state index contributed by atoms with van der Waals surface area (Å²) in [6.07, 6.45) is 5.46. The minimum absolute atomic E-state index is 0.133. The molecule has 0 spiro atoms. The Kier molecular flexibility index (Phi) is 2.98. The maximum absolute atomic E-state index is 9.44. The Morgan fingerprint density at radius 1 is 1.50 bits per heavy atom. The van der Waals surface area contributed by atoms with E-state index in [4.69, 9.17) is 9.47 Å². The fourth-order valence-corrected chi connectivity index (χ4v) is 2.86. The topological polar surface area (TPSA) is 42.2 Å². The smallest absolute Gasteiger partial charge is 0.0860 e. The zero-order valence-electron chi connectivity index (χ0n) is 10.5. The molecular weight excluding hydrogens is 202 g/mol. The molecule has 2 bridgehead atoms. The van der Waals surface area contributed by atoms with E-state index in [2.05, 4.69) is 19.9 Å². The van der Waals surface area contributed by atoms with E-state index in [0.29, 0.717) is 6.10 Å². The van der Waals surface area contributed by atoms with Gasteiger partial charge in [-0.1, -0.05) is 0 Å². The van der Waals surface area contributed by atoms with Crippen LogP contribution < -0.4 is 0 Å². The summed E-state index contributed by atoms with van der Waals surface area (Å²) in [6, 6.07) is 2.52. The third-order valence-corrected chi connectivity index (χ3v) is 4.26. The lowest BCUT2D eigenvalue weighted by atomic mass is 9.71. The molecule has 2 aliphatic heterocycles. The molecule has 0 aliphatic carbocycles. The molecule has 0 aromatic rings. The highest BCUT2D eigenvalue weighted by atomic mass is 16.5. The van der Waals surface area contributed by atoms with E-state index in [0.717, 1.165) is 32.1 Å². The summed E-state index contributed by atoms with van der Waals surface area (Å²) >= 11 is 0. The fraction of sp³-hybridized carbons (Fsp3) is 0.923. The van der Waals surface area contributed by atoms with E-state index in [1.54, 1.807) is 7.11 Å². The minimum atomic E-state index is -0.237. The average molecular weight is 223 g/mol. The summed E-state index contributed by atoms with van der Waals surface area (Å²) in [6.45, 7) is 4.15. The molecule has 2 aliphatic rings. The number of nitriles is 1. The lowest BCUT2D eigenvalue weighted by Crippen LogP contribution is -2.34. The van der Waals surface area contributed by atoms with Crippen molar-refractivity contribution in [3.8, 4) is 6.07 Å². The van der Waals surface area contributed by atoms with Gasteiger partial charge in [0.05, 0.1) is 29.3 Å². The van der Waals surface area contributed by atoms with Crippen LogP contribution in [0.5, 0.6) is 0 Å². The summed E-state index contributed by atoms with van der Waals surface area (Å²) in [4.78, 5) is 0. The molecule has 3 heteroatoms. The van der Waals surface area contributed by atoms with Crippen molar-refractivity contribution in [3.63, 3.8) is 0 Å². The Morgan fingerprint density at radius 2 is 2.25 bits per heavy atom. The standard InChI is InChI=1S/C13H21NO2/c1-12(2,15-3)6-7-13(9-14)8-10-4-5-11(13)16-10/h10-11H,4-8H2,1-3H3. The lowest BCUT2D eigenvalue weighted by Gasteiger charge is -2.32. The highest BCUT2D eigenvalue weighted by Gasteiger charge is 2.52. The predicted octanol–water partition coefficient (Wildman–Crippen LogP) is 2.65. The first-order valence-electron chi connectivity index (χ1n) is 6.13. The summed E-state index contributed by atoms with van der Waals surface area (Å²) < 4.78 is 11.2. The fourth-order valence-electron chi connectivity index (χ4n) is 2.86. The highest BCUT2D eigenvalue weighted by Crippen LogP contribution is 2.50. The van der Waals surface area contributed by atoms with Gasteiger partial charge in [-0.25, -0.2) is 0 Å². The van der Waals surface area contributed by atoms with E-state index in [1.165, 1.54) is 0 Å². The van der Waals surface area contributed by atoms with Gasteiger partial charge in [0.2, 0.25) is 0 Å². The number of ether oxygens (including phenoxy) is 2. The van der Waals surface area contributed by atoms with Gasteiger partial charge in [0, 0.05) is 7.11 Å². The van der Waals surface area contributed by atoms with Gasteiger partial charge in [0.25, 0.3) is 0 Å². The van der Waals surface area contributed by atoms with Crippen molar-refractivity contribution in [2.75, 3.05) is 7.11 Å². The number of nitrogens with zero attached hydrogens (tertiary/aromatic N) is 1. The maximum atomic E-state index is 9.44. The van der Waals surface area contributed by atoms with Crippen LogP contribution in [0.3, 0.4) is 0 Å². The number of rotatable bonds is 4. The van der Waals surface area contributed by atoms with Crippen molar-refractivity contribution in [1.82, 2.24) is 0 Å². The van der Waals surface area contributed by atoms with E-state index >= 15 is 0 Å². The van der Waals surface area contributed by atoms with Crippen LogP contribution in [0.4, 0.5) is 0 Å². The van der Waals surface area contributed by atoms with Crippen molar-refractivity contribution in [2.45, 2.75) is 63.8 Å². The van der Waals surface area contributed by atoms with Gasteiger partial charge in [-0.15, -0.1) is 0 Å². The van der Waals surface area contributed by atoms with Gasteiger partial charge in [0.15, 0.2) is 0 Å². The first kappa shape index (κ1) is 11.9. The summed E-state index contributed by atoms with van der Waals surface area (Å²) in [5.41, 5.74) is -0.371. The van der Waals surface area contributed by atoms with Gasteiger partial charge >= 0.3 is 0 Å². The second-order valence-corrected chi connectivity index (χ2v) is 5.76. The molecule has 90 valence electrons. The molecule has 0 radical (unpaired) electrons. The molecule has 2 fully saturated rings. The number of hydrogen-bond acceptors (Lipinski definition) is 3.